The molecule has 5 rings (SSSR count). The van der Waals surface area contributed by atoms with Gasteiger partial charge in [-0.25, -0.2) is 0 Å². The average molecular weight is 428 g/mol. The molecule has 2 N–H and O–H groups in total. The van der Waals surface area contributed by atoms with Crippen LogP contribution in [0.4, 0.5) is 11.4 Å². The fraction of sp³-hybridized carbons (Fsp3) is 0.222. The van der Waals surface area contributed by atoms with Gasteiger partial charge in [0.1, 0.15) is 0 Å². The number of nitrogens with one attached hydrogen (secondary N) is 2. The van der Waals surface area contributed by atoms with E-state index in [1.165, 1.54) is 16.8 Å². The molecule has 0 spiro atoms. The summed E-state index contributed by atoms with van der Waals surface area (Å²) in [5.74, 6) is 0. The van der Waals surface area contributed by atoms with Crippen LogP contribution in [0.5, 0.6) is 0 Å². The Hall–Kier alpha value is -3.04. The zero-order chi connectivity index (χ0) is 21.0. The summed E-state index contributed by atoms with van der Waals surface area (Å²) in [6.07, 6.45) is 6.46. The molecule has 0 bridgehead atoms. The number of nitrogens with zero attached hydrogens (tertiary/aromatic N) is 1. The molecule has 0 aliphatic heterocycles. The second kappa shape index (κ2) is 8.99. The van der Waals surface area contributed by atoms with Crippen molar-refractivity contribution in [2.24, 2.45) is 0 Å². The molecule has 1 aromatic heterocycles. The van der Waals surface area contributed by atoms with Gasteiger partial charge in [-0.3, -0.25) is 4.98 Å². The molecule has 0 amide bonds. The highest BCUT2D eigenvalue weighted by Gasteiger charge is 2.21. The van der Waals surface area contributed by atoms with Crippen LogP contribution < -0.4 is 10.6 Å². The van der Waals surface area contributed by atoms with Crippen molar-refractivity contribution in [3.05, 3.63) is 90.1 Å². The highest BCUT2D eigenvalue weighted by Crippen LogP contribution is 2.30. The number of hydrogen-bond donors (Lipinski definition) is 2. The Kier molecular flexibility index (Phi) is 5.77. The number of halogens is 1. The summed E-state index contributed by atoms with van der Waals surface area (Å²) >= 11 is 6.12. The van der Waals surface area contributed by atoms with Crippen molar-refractivity contribution in [2.75, 3.05) is 10.6 Å². The van der Waals surface area contributed by atoms with Crippen LogP contribution in [0.15, 0.2) is 85.1 Å². The van der Waals surface area contributed by atoms with Crippen LogP contribution in [0.1, 0.15) is 25.7 Å². The van der Waals surface area contributed by atoms with Crippen LogP contribution in [0.25, 0.3) is 22.0 Å². The first-order valence-electron chi connectivity index (χ1n) is 11.0. The molecule has 0 atom stereocenters. The second-order valence-corrected chi connectivity index (χ2v) is 8.74. The van der Waals surface area contributed by atoms with Crippen LogP contribution in [0.3, 0.4) is 0 Å². The highest BCUT2D eigenvalue weighted by molar-refractivity contribution is 6.31. The average Bonchev–Trinajstić information content (AvgIpc) is 2.81. The minimum Gasteiger partial charge on any atom is -0.382 e. The summed E-state index contributed by atoms with van der Waals surface area (Å²) in [6.45, 7) is 0. The summed E-state index contributed by atoms with van der Waals surface area (Å²) < 4.78 is 0. The molecular formula is C27H26ClN3. The predicted octanol–water partition coefficient (Wildman–Crippen LogP) is 7.39. The maximum Gasteiger partial charge on any atom is 0.0737 e. The first-order valence-corrected chi connectivity index (χ1v) is 11.4. The Bertz CT molecular complexity index is 1170. The van der Waals surface area contributed by atoms with E-state index < -0.39 is 0 Å². The number of fused-ring (bicyclic) bond motifs is 1. The summed E-state index contributed by atoms with van der Waals surface area (Å²) in [5.41, 5.74) is 5.80. The third-order valence-electron chi connectivity index (χ3n) is 6.13. The molecule has 4 heteroatoms. The first-order chi connectivity index (χ1) is 15.2. The SMILES string of the molecule is Clc1ccc2c(N[C@H]3CC[C@@H](Nc4cccc(-c5ccccc5)c4)CC3)ccnc2c1. The molecule has 1 fully saturated rings. The lowest BCUT2D eigenvalue weighted by atomic mass is 9.90. The van der Waals surface area contributed by atoms with E-state index in [0.29, 0.717) is 12.1 Å². The number of anilines is 2. The molecule has 156 valence electrons. The monoisotopic (exact) mass is 427 g/mol. The Morgan fingerprint density at radius 2 is 1.45 bits per heavy atom. The maximum atomic E-state index is 6.12. The van der Waals surface area contributed by atoms with E-state index in [9.17, 15) is 0 Å². The minimum atomic E-state index is 0.481. The summed E-state index contributed by atoms with van der Waals surface area (Å²) in [4.78, 5) is 4.45. The molecule has 1 saturated carbocycles. The third kappa shape index (κ3) is 4.67. The van der Waals surface area contributed by atoms with E-state index in [2.05, 4.69) is 82.3 Å². The fourth-order valence-electron chi connectivity index (χ4n) is 4.50. The quantitative estimate of drug-likeness (QED) is 0.348. The van der Waals surface area contributed by atoms with Crippen LogP contribution in [0.2, 0.25) is 5.02 Å². The third-order valence-corrected chi connectivity index (χ3v) is 6.37. The van der Waals surface area contributed by atoms with Crippen molar-refractivity contribution in [3.8, 4) is 11.1 Å². The zero-order valence-electron chi connectivity index (χ0n) is 17.4. The first kappa shape index (κ1) is 19.9. The van der Waals surface area contributed by atoms with Gasteiger partial charge in [-0.05, 0) is 73.2 Å². The maximum absolute atomic E-state index is 6.12. The molecule has 1 aliphatic carbocycles. The smallest absolute Gasteiger partial charge is 0.0737 e. The van der Waals surface area contributed by atoms with Gasteiger partial charge in [-0.2, -0.15) is 0 Å². The Balaban J connectivity index is 1.21. The molecule has 0 radical (unpaired) electrons. The molecule has 3 nitrogen and oxygen atoms in total. The van der Waals surface area contributed by atoms with Gasteiger partial charge in [0.15, 0.2) is 0 Å². The van der Waals surface area contributed by atoms with Crippen molar-refractivity contribution in [1.82, 2.24) is 4.98 Å². The lowest BCUT2D eigenvalue weighted by Gasteiger charge is -2.31. The van der Waals surface area contributed by atoms with Crippen molar-refractivity contribution in [1.29, 1.82) is 0 Å². The van der Waals surface area contributed by atoms with E-state index in [1.54, 1.807) is 0 Å². The van der Waals surface area contributed by atoms with Crippen LogP contribution in [-0.2, 0) is 0 Å². The van der Waals surface area contributed by atoms with Gasteiger partial charge in [0.05, 0.1) is 5.52 Å². The molecule has 3 aromatic carbocycles. The minimum absolute atomic E-state index is 0.481. The molecule has 1 heterocycles. The Morgan fingerprint density at radius 1 is 0.710 bits per heavy atom. The molecular weight excluding hydrogens is 402 g/mol. The summed E-state index contributed by atoms with van der Waals surface area (Å²) in [5, 5.41) is 9.36. The normalized spacial score (nSPS) is 18.6. The van der Waals surface area contributed by atoms with E-state index in [-0.39, 0.29) is 0 Å². The highest BCUT2D eigenvalue weighted by atomic mass is 35.5. The van der Waals surface area contributed by atoms with Crippen LogP contribution in [0, 0.1) is 0 Å². The number of pyridine rings is 1. The van der Waals surface area contributed by atoms with Gasteiger partial charge in [-0.1, -0.05) is 54.1 Å². The number of hydrogen-bond acceptors (Lipinski definition) is 3. The molecule has 0 unspecified atom stereocenters. The Morgan fingerprint density at radius 3 is 2.26 bits per heavy atom. The van der Waals surface area contributed by atoms with E-state index in [1.807, 2.05) is 18.3 Å². The van der Waals surface area contributed by atoms with E-state index >= 15 is 0 Å². The van der Waals surface area contributed by atoms with Crippen molar-refractivity contribution in [3.63, 3.8) is 0 Å². The number of rotatable bonds is 5. The van der Waals surface area contributed by atoms with Gasteiger partial charge >= 0.3 is 0 Å². The molecule has 4 aromatic rings. The summed E-state index contributed by atoms with van der Waals surface area (Å²) in [7, 11) is 0. The topological polar surface area (TPSA) is 37.0 Å². The van der Waals surface area contributed by atoms with Crippen molar-refractivity contribution < 1.29 is 0 Å². The van der Waals surface area contributed by atoms with E-state index in [0.717, 1.165) is 47.3 Å². The van der Waals surface area contributed by atoms with Gasteiger partial charge < -0.3 is 10.6 Å². The zero-order valence-corrected chi connectivity index (χ0v) is 18.1. The number of benzene rings is 3. The van der Waals surface area contributed by atoms with Crippen molar-refractivity contribution >= 4 is 33.9 Å². The Labute approximate surface area is 188 Å². The van der Waals surface area contributed by atoms with Gasteiger partial charge in [0.2, 0.25) is 0 Å². The van der Waals surface area contributed by atoms with Crippen LogP contribution >= 0.6 is 11.6 Å². The largest absolute Gasteiger partial charge is 0.382 e. The van der Waals surface area contributed by atoms with Gasteiger partial charge in [0, 0.05) is 40.1 Å². The summed E-state index contributed by atoms with van der Waals surface area (Å²) in [6, 6.07) is 28.3. The standard InChI is InChI=1S/C27H26ClN3/c28-21-9-14-25-26(15-16-29-27(25)18-21)31-23-12-10-22(11-13-23)30-24-8-4-7-20(17-24)19-5-2-1-3-6-19/h1-9,14-18,22-23,30H,10-13H2,(H,29,31)/t22-,23+. The fourth-order valence-corrected chi connectivity index (χ4v) is 4.67. The molecule has 31 heavy (non-hydrogen) atoms. The lowest BCUT2D eigenvalue weighted by Crippen LogP contribution is -2.32. The molecule has 0 saturated heterocycles. The number of aromatic nitrogens is 1. The van der Waals surface area contributed by atoms with Crippen LogP contribution in [-0.4, -0.2) is 17.1 Å². The second-order valence-electron chi connectivity index (χ2n) is 8.30. The van der Waals surface area contributed by atoms with E-state index in [4.69, 9.17) is 11.6 Å². The van der Waals surface area contributed by atoms with Gasteiger partial charge in [-0.15, -0.1) is 0 Å². The predicted molar refractivity (Wildman–Crippen MR) is 132 cm³/mol. The molecule has 1 aliphatic rings. The van der Waals surface area contributed by atoms with Crippen molar-refractivity contribution in [2.45, 2.75) is 37.8 Å². The van der Waals surface area contributed by atoms with Gasteiger partial charge in [0.25, 0.3) is 0 Å². The lowest BCUT2D eigenvalue weighted by molar-refractivity contribution is 0.429.